The first-order valence-corrected chi connectivity index (χ1v) is 14.0. The van der Waals surface area contributed by atoms with Crippen LogP contribution in [0.5, 0.6) is 5.75 Å². The van der Waals surface area contributed by atoms with E-state index in [1.807, 2.05) is 55.5 Å². The van der Waals surface area contributed by atoms with Gasteiger partial charge in [-0.15, -0.1) is 10.2 Å². The number of nitrogens with one attached hydrogen (secondary N) is 1. The molecule has 5 rings (SSSR count). The lowest BCUT2D eigenvalue weighted by molar-refractivity contribution is -0.130. The molecule has 0 saturated carbocycles. The maximum atomic E-state index is 13.9. The van der Waals surface area contributed by atoms with Gasteiger partial charge in [-0.1, -0.05) is 53.7 Å². The predicted molar refractivity (Wildman–Crippen MR) is 154 cm³/mol. The van der Waals surface area contributed by atoms with Crippen molar-refractivity contribution in [3.63, 3.8) is 0 Å². The zero-order valence-electron chi connectivity index (χ0n) is 22.9. The fourth-order valence-corrected chi connectivity index (χ4v) is 5.25. The predicted octanol–water partition coefficient (Wildman–Crippen LogP) is 4.67. The number of carbonyl (C=O) groups is 2. The molecule has 0 radical (unpaired) electrons. The van der Waals surface area contributed by atoms with Crippen molar-refractivity contribution in [3.8, 4) is 5.75 Å². The number of thioether (sulfide) groups is 1. The normalized spacial score (nSPS) is 14.6. The van der Waals surface area contributed by atoms with Crippen LogP contribution in [0, 0.1) is 12.7 Å². The number of rotatable bonds is 9. The molecule has 2 heterocycles. The summed E-state index contributed by atoms with van der Waals surface area (Å²) < 4.78 is 20.9. The maximum absolute atomic E-state index is 13.9. The first kappa shape index (κ1) is 28.0. The number of nitrogens with zero attached hydrogens (tertiary/aromatic N) is 5. The van der Waals surface area contributed by atoms with Crippen molar-refractivity contribution < 1.29 is 18.7 Å². The van der Waals surface area contributed by atoms with E-state index < -0.39 is 11.7 Å². The van der Waals surface area contributed by atoms with E-state index in [1.54, 1.807) is 29.8 Å². The molecule has 0 fully saturated rings. The second kappa shape index (κ2) is 12.3. The average molecular weight is 573 g/mol. The monoisotopic (exact) mass is 572 g/mol. The molecule has 0 aliphatic carbocycles. The summed E-state index contributed by atoms with van der Waals surface area (Å²) >= 11 is 1.24. The number of aryl methyl sites for hydroxylation is 1. The van der Waals surface area contributed by atoms with Gasteiger partial charge in [0.05, 0.1) is 36.7 Å². The minimum Gasteiger partial charge on any atom is -0.497 e. The molecule has 11 heteroatoms. The second-order valence-corrected chi connectivity index (χ2v) is 10.5. The van der Waals surface area contributed by atoms with E-state index in [0.717, 1.165) is 28.2 Å². The van der Waals surface area contributed by atoms with E-state index in [0.29, 0.717) is 17.4 Å². The molecule has 2 amide bonds. The van der Waals surface area contributed by atoms with Crippen molar-refractivity contribution in [1.82, 2.24) is 25.1 Å². The number of halogens is 1. The highest BCUT2D eigenvalue weighted by molar-refractivity contribution is 7.99. The minimum absolute atomic E-state index is 0.0434. The SMILES string of the molecule is COc1ccc(C2=NN(C(=O)CSc3nnc(CNC(=O)c4ccccc4F)n3C)[C@H](c3ccc(C)cc3)C2)cc1. The Labute approximate surface area is 241 Å². The van der Waals surface area contributed by atoms with Crippen LogP contribution in [0.2, 0.25) is 0 Å². The Kier molecular flexibility index (Phi) is 8.44. The molecular formula is C30H29FN6O3S. The first-order chi connectivity index (χ1) is 19.8. The number of ether oxygens (including phenoxy) is 1. The Morgan fingerprint density at radius 1 is 1.05 bits per heavy atom. The van der Waals surface area contributed by atoms with Crippen LogP contribution in [-0.4, -0.2) is 50.2 Å². The number of hydrogen-bond acceptors (Lipinski definition) is 7. The zero-order valence-corrected chi connectivity index (χ0v) is 23.7. The summed E-state index contributed by atoms with van der Waals surface area (Å²) in [6.45, 7) is 2.08. The molecule has 0 spiro atoms. The lowest BCUT2D eigenvalue weighted by atomic mass is 9.97. The van der Waals surface area contributed by atoms with Gasteiger partial charge in [-0.25, -0.2) is 9.40 Å². The highest BCUT2D eigenvalue weighted by atomic mass is 32.2. The Morgan fingerprint density at radius 2 is 1.78 bits per heavy atom. The number of hydrazone groups is 1. The first-order valence-electron chi connectivity index (χ1n) is 13.0. The summed E-state index contributed by atoms with van der Waals surface area (Å²) in [6, 6.07) is 21.3. The summed E-state index contributed by atoms with van der Waals surface area (Å²) in [4.78, 5) is 25.9. The van der Waals surface area contributed by atoms with Crippen LogP contribution >= 0.6 is 11.8 Å². The smallest absolute Gasteiger partial charge is 0.254 e. The van der Waals surface area contributed by atoms with Crippen LogP contribution in [0.25, 0.3) is 0 Å². The van der Waals surface area contributed by atoms with Crippen LogP contribution < -0.4 is 10.1 Å². The van der Waals surface area contributed by atoms with E-state index in [9.17, 15) is 14.0 Å². The Hall–Kier alpha value is -4.51. The fraction of sp³-hybridized carbons (Fsp3) is 0.233. The molecule has 4 aromatic rings. The van der Waals surface area contributed by atoms with Gasteiger partial charge < -0.3 is 14.6 Å². The molecule has 1 N–H and O–H groups in total. The molecular weight excluding hydrogens is 543 g/mol. The van der Waals surface area contributed by atoms with Crippen molar-refractivity contribution in [2.24, 2.45) is 12.1 Å². The van der Waals surface area contributed by atoms with Gasteiger partial charge in [0.25, 0.3) is 11.8 Å². The van der Waals surface area contributed by atoms with E-state index in [4.69, 9.17) is 9.84 Å². The summed E-state index contributed by atoms with van der Waals surface area (Å²) in [7, 11) is 3.37. The highest BCUT2D eigenvalue weighted by Gasteiger charge is 2.33. The fourth-order valence-electron chi connectivity index (χ4n) is 4.46. The topological polar surface area (TPSA) is 102 Å². The third kappa shape index (κ3) is 6.30. The van der Waals surface area contributed by atoms with Crippen molar-refractivity contribution in [2.75, 3.05) is 12.9 Å². The third-order valence-electron chi connectivity index (χ3n) is 6.83. The summed E-state index contributed by atoms with van der Waals surface area (Å²) in [6.07, 6.45) is 0.585. The molecule has 1 aliphatic rings. The van der Waals surface area contributed by atoms with Gasteiger partial charge in [-0.2, -0.15) is 5.10 Å². The highest BCUT2D eigenvalue weighted by Crippen LogP contribution is 2.34. The zero-order chi connectivity index (χ0) is 28.9. The van der Waals surface area contributed by atoms with Gasteiger partial charge in [0, 0.05) is 13.5 Å². The molecule has 41 heavy (non-hydrogen) atoms. The number of carbonyl (C=O) groups excluding carboxylic acids is 2. The number of hydrogen-bond donors (Lipinski definition) is 1. The van der Waals surface area contributed by atoms with E-state index >= 15 is 0 Å². The molecule has 1 aromatic heterocycles. The summed E-state index contributed by atoms with van der Waals surface area (Å²) in [5, 5.41) is 17.8. The van der Waals surface area contributed by atoms with E-state index in [-0.39, 0.29) is 29.8 Å². The van der Waals surface area contributed by atoms with E-state index in [1.165, 1.54) is 30.0 Å². The average Bonchev–Trinajstić information content (AvgIpc) is 3.59. The van der Waals surface area contributed by atoms with Crippen LogP contribution in [0.4, 0.5) is 4.39 Å². The van der Waals surface area contributed by atoms with Gasteiger partial charge in [0.2, 0.25) is 0 Å². The lowest BCUT2D eigenvalue weighted by Gasteiger charge is -2.22. The summed E-state index contributed by atoms with van der Waals surface area (Å²) in [5.74, 6) is 0.0137. The standard InChI is InChI=1S/C30H29FN6O3S/c1-19-8-10-21(11-9-19)26-16-25(20-12-14-22(40-3)15-13-20)35-37(26)28(38)18-41-30-34-33-27(36(30)2)17-32-29(39)23-6-4-5-7-24(23)31/h4-15,26H,16-18H2,1-3H3,(H,32,39)/t26-/m0/s1. The molecule has 0 bridgehead atoms. The number of methoxy groups -OCH3 is 1. The number of amides is 2. The molecule has 3 aromatic carbocycles. The largest absolute Gasteiger partial charge is 0.497 e. The van der Waals surface area contributed by atoms with Gasteiger partial charge in [-0.05, 0) is 54.4 Å². The van der Waals surface area contributed by atoms with Crippen molar-refractivity contribution in [1.29, 1.82) is 0 Å². The van der Waals surface area contributed by atoms with Crippen LogP contribution in [0.15, 0.2) is 83.1 Å². The van der Waals surface area contributed by atoms with Crippen molar-refractivity contribution in [2.45, 2.75) is 31.1 Å². The van der Waals surface area contributed by atoms with Crippen molar-refractivity contribution in [3.05, 3.63) is 107 Å². The number of benzene rings is 3. The summed E-state index contributed by atoms with van der Waals surface area (Å²) in [5.41, 5.74) is 3.86. The minimum atomic E-state index is -0.596. The lowest BCUT2D eigenvalue weighted by Crippen LogP contribution is -2.28. The molecule has 0 saturated heterocycles. The quantitative estimate of drug-likeness (QED) is 0.293. The van der Waals surface area contributed by atoms with Crippen LogP contribution in [0.3, 0.4) is 0 Å². The third-order valence-corrected chi connectivity index (χ3v) is 7.83. The van der Waals surface area contributed by atoms with Gasteiger partial charge in [0.15, 0.2) is 11.0 Å². The molecule has 210 valence electrons. The maximum Gasteiger partial charge on any atom is 0.254 e. The Balaban J connectivity index is 1.27. The molecule has 1 aliphatic heterocycles. The van der Waals surface area contributed by atoms with Gasteiger partial charge >= 0.3 is 0 Å². The molecule has 9 nitrogen and oxygen atoms in total. The Bertz CT molecular complexity index is 1590. The number of aromatic nitrogens is 3. The Morgan fingerprint density at radius 3 is 2.49 bits per heavy atom. The molecule has 1 atom stereocenters. The second-order valence-electron chi connectivity index (χ2n) is 9.55. The van der Waals surface area contributed by atoms with Crippen LogP contribution in [0.1, 0.15) is 45.3 Å². The molecule has 0 unspecified atom stereocenters. The van der Waals surface area contributed by atoms with Crippen molar-refractivity contribution >= 4 is 29.3 Å². The van der Waals surface area contributed by atoms with E-state index in [2.05, 4.69) is 15.5 Å². The van der Waals surface area contributed by atoms with Crippen LogP contribution in [-0.2, 0) is 18.4 Å². The van der Waals surface area contributed by atoms with Gasteiger partial charge in [0.1, 0.15) is 11.6 Å². The van der Waals surface area contributed by atoms with Gasteiger partial charge in [-0.3, -0.25) is 9.59 Å².